The van der Waals surface area contributed by atoms with Crippen LogP contribution < -0.4 is 16.4 Å². The van der Waals surface area contributed by atoms with Crippen molar-refractivity contribution in [3.8, 4) is 18.2 Å². The van der Waals surface area contributed by atoms with Gasteiger partial charge in [-0.2, -0.15) is 15.8 Å². The summed E-state index contributed by atoms with van der Waals surface area (Å²) in [6, 6.07) is 5.43. The normalized spacial score (nSPS) is 17.1. The second kappa shape index (κ2) is 6.53. The van der Waals surface area contributed by atoms with Gasteiger partial charge >= 0.3 is 0 Å². The van der Waals surface area contributed by atoms with Gasteiger partial charge in [0.15, 0.2) is 5.11 Å². The van der Waals surface area contributed by atoms with Crippen LogP contribution in [0.15, 0.2) is 24.0 Å². The van der Waals surface area contributed by atoms with Crippen LogP contribution in [0.5, 0.6) is 0 Å². The van der Waals surface area contributed by atoms with Crippen LogP contribution in [0.25, 0.3) is 0 Å². The SMILES string of the molecule is C=CCNC(=S)N1CCNC(C#N)(C#N)C(C#N)=C1N. The molecule has 0 fully saturated rings. The van der Waals surface area contributed by atoms with Gasteiger partial charge in [-0.1, -0.05) is 6.08 Å². The topological polar surface area (TPSA) is 125 Å². The second-order valence-electron chi connectivity index (χ2n) is 3.90. The smallest absolute Gasteiger partial charge is 0.232 e. The first-order chi connectivity index (χ1) is 9.56. The molecule has 0 saturated carbocycles. The molecule has 1 rings (SSSR count). The summed E-state index contributed by atoms with van der Waals surface area (Å²) < 4.78 is 0. The Kier molecular flexibility index (Phi) is 5.05. The molecule has 0 radical (unpaired) electrons. The van der Waals surface area contributed by atoms with E-state index in [1.54, 1.807) is 18.2 Å². The zero-order chi connectivity index (χ0) is 15.2. The molecule has 0 aromatic heterocycles. The largest absolute Gasteiger partial charge is 0.384 e. The number of thiocarbonyl (C=S) groups is 1. The summed E-state index contributed by atoms with van der Waals surface area (Å²) in [6.07, 6.45) is 1.63. The van der Waals surface area contributed by atoms with E-state index in [9.17, 15) is 15.8 Å². The number of nitrogens with zero attached hydrogens (tertiary/aromatic N) is 4. The number of nitrogens with one attached hydrogen (secondary N) is 2. The lowest BCUT2D eigenvalue weighted by molar-refractivity contribution is 0.490. The summed E-state index contributed by atoms with van der Waals surface area (Å²) >= 11 is 5.17. The Balaban J connectivity index is 3.25. The van der Waals surface area contributed by atoms with Gasteiger partial charge in [-0.25, -0.2) is 0 Å². The number of hydrogen-bond donors (Lipinski definition) is 3. The quantitative estimate of drug-likeness (QED) is 0.455. The maximum atomic E-state index is 9.22. The second-order valence-corrected chi connectivity index (χ2v) is 4.29. The maximum Gasteiger partial charge on any atom is 0.232 e. The highest BCUT2D eigenvalue weighted by Crippen LogP contribution is 2.21. The molecule has 1 aliphatic rings. The molecule has 0 atom stereocenters. The lowest BCUT2D eigenvalue weighted by Gasteiger charge is -2.24. The molecule has 7 nitrogen and oxygen atoms in total. The van der Waals surface area contributed by atoms with Crippen LogP contribution in [0, 0.1) is 34.0 Å². The first-order valence-corrected chi connectivity index (χ1v) is 6.11. The van der Waals surface area contributed by atoms with Crippen LogP contribution in [-0.4, -0.2) is 35.2 Å². The van der Waals surface area contributed by atoms with Gasteiger partial charge in [-0.15, -0.1) is 6.58 Å². The Morgan fingerprint density at radius 1 is 1.55 bits per heavy atom. The summed E-state index contributed by atoms with van der Waals surface area (Å²) in [5.74, 6) is 0.00200. The Morgan fingerprint density at radius 3 is 2.70 bits per heavy atom. The average molecular weight is 287 g/mol. The summed E-state index contributed by atoms with van der Waals surface area (Å²) in [5.41, 5.74) is 4.02. The van der Waals surface area contributed by atoms with Crippen LogP contribution in [0.3, 0.4) is 0 Å². The van der Waals surface area contributed by atoms with Gasteiger partial charge in [0.05, 0.1) is 0 Å². The number of nitrogens with two attached hydrogens (primary N) is 1. The number of rotatable bonds is 2. The van der Waals surface area contributed by atoms with E-state index in [4.69, 9.17) is 18.0 Å². The Morgan fingerprint density at radius 2 is 2.20 bits per heavy atom. The molecule has 0 amide bonds. The Labute approximate surface area is 122 Å². The van der Waals surface area contributed by atoms with E-state index >= 15 is 0 Å². The first-order valence-electron chi connectivity index (χ1n) is 5.70. The van der Waals surface area contributed by atoms with Crippen molar-refractivity contribution >= 4 is 17.3 Å². The number of nitriles is 3. The third kappa shape index (κ3) is 2.70. The molecular weight excluding hydrogens is 274 g/mol. The van der Waals surface area contributed by atoms with Crippen molar-refractivity contribution in [2.24, 2.45) is 5.73 Å². The third-order valence-corrected chi connectivity index (χ3v) is 3.10. The molecule has 4 N–H and O–H groups in total. The molecule has 0 aromatic carbocycles. The van der Waals surface area contributed by atoms with Crippen molar-refractivity contribution in [2.45, 2.75) is 5.54 Å². The zero-order valence-electron chi connectivity index (χ0n) is 10.7. The predicted octanol–water partition coefficient (Wildman–Crippen LogP) is -0.568. The van der Waals surface area contributed by atoms with E-state index in [1.165, 1.54) is 4.90 Å². The molecule has 1 heterocycles. The van der Waals surface area contributed by atoms with Crippen molar-refractivity contribution in [1.29, 1.82) is 15.8 Å². The summed E-state index contributed by atoms with van der Waals surface area (Å²) in [6.45, 7) is 4.62. The van der Waals surface area contributed by atoms with Crippen molar-refractivity contribution in [2.75, 3.05) is 19.6 Å². The zero-order valence-corrected chi connectivity index (χ0v) is 11.5. The molecule has 0 saturated heterocycles. The van der Waals surface area contributed by atoms with Gasteiger partial charge in [0.2, 0.25) is 5.54 Å². The third-order valence-electron chi connectivity index (χ3n) is 2.74. The predicted molar refractivity (Wildman–Crippen MR) is 76.3 cm³/mol. The molecule has 0 spiro atoms. The molecule has 0 aromatic rings. The Hall–Kier alpha value is -2.60. The molecule has 0 unspecified atom stereocenters. The lowest BCUT2D eigenvalue weighted by atomic mass is 9.93. The minimum atomic E-state index is -1.75. The fraction of sp³-hybridized carbons (Fsp3) is 0.333. The highest BCUT2D eigenvalue weighted by atomic mass is 32.1. The average Bonchev–Trinajstić information content (AvgIpc) is 2.61. The minimum Gasteiger partial charge on any atom is -0.384 e. The van der Waals surface area contributed by atoms with Crippen LogP contribution in [0.4, 0.5) is 0 Å². The lowest BCUT2D eigenvalue weighted by Crippen LogP contribution is -2.44. The van der Waals surface area contributed by atoms with Crippen LogP contribution in [0.2, 0.25) is 0 Å². The van der Waals surface area contributed by atoms with Gasteiger partial charge in [0.1, 0.15) is 29.6 Å². The van der Waals surface area contributed by atoms with E-state index in [0.717, 1.165) is 0 Å². The summed E-state index contributed by atoms with van der Waals surface area (Å²) in [5, 5.41) is 33.5. The first kappa shape index (κ1) is 15.5. The standard InChI is InChI=1S/C12H13N7S/c1-2-3-17-11(20)19-5-4-18-12(7-14,8-15)9(6-13)10(19)16/h2,18H,1,3-5,16H2,(H,17,20). The van der Waals surface area contributed by atoms with Crippen LogP contribution >= 0.6 is 12.2 Å². The van der Waals surface area contributed by atoms with Gasteiger partial charge in [-0.05, 0) is 12.2 Å². The van der Waals surface area contributed by atoms with Crippen molar-refractivity contribution < 1.29 is 0 Å². The highest BCUT2D eigenvalue weighted by Gasteiger charge is 2.40. The minimum absolute atomic E-state index is 0.00200. The van der Waals surface area contributed by atoms with Crippen LogP contribution in [0.1, 0.15) is 0 Å². The van der Waals surface area contributed by atoms with Gasteiger partial charge in [-0.3, -0.25) is 5.32 Å². The monoisotopic (exact) mass is 287 g/mol. The van der Waals surface area contributed by atoms with Gasteiger partial charge in [0, 0.05) is 19.6 Å². The van der Waals surface area contributed by atoms with Gasteiger partial charge in [0.25, 0.3) is 0 Å². The fourth-order valence-corrected chi connectivity index (χ4v) is 1.99. The molecule has 20 heavy (non-hydrogen) atoms. The number of hydrogen-bond acceptors (Lipinski definition) is 6. The van der Waals surface area contributed by atoms with E-state index in [-0.39, 0.29) is 17.9 Å². The summed E-state index contributed by atoms with van der Waals surface area (Å²) in [7, 11) is 0. The molecule has 8 heteroatoms. The van der Waals surface area contributed by atoms with Gasteiger partial charge < -0.3 is 16.0 Å². The molecular formula is C12H13N7S. The van der Waals surface area contributed by atoms with E-state index in [1.807, 2.05) is 6.07 Å². The van der Waals surface area contributed by atoms with E-state index < -0.39 is 5.54 Å². The van der Waals surface area contributed by atoms with Crippen molar-refractivity contribution in [1.82, 2.24) is 15.5 Å². The van der Waals surface area contributed by atoms with Crippen molar-refractivity contribution in [3.63, 3.8) is 0 Å². The van der Waals surface area contributed by atoms with E-state index in [2.05, 4.69) is 17.2 Å². The van der Waals surface area contributed by atoms with E-state index in [0.29, 0.717) is 18.2 Å². The Bertz CT molecular complexity index is 558. The molecule has 1 aliphatic heterocycles. The highest BCUT2D eigenvalue weighted by molar-refractivity contribution is 7.80. The molecule has 0 aliphatic carbocycles. The maximum absolute atomic E-state index is 9.22. The molecule has 0 bridgehead atoms. The van der Waals surface area contributed by atoms with Crippen LogP contribution in [-0.2, 0) is 0 Å². The van der Waals surface area contributed by atoms with Crippen molar-refractivity contribution in [3.05, 3.63) is 24.0 Å². The fourth-order valence-electron chi connectivity index (χ4n) is 1.71. The summed E-state index contributed by atoms with van der Waals surface area (Å²) in [4.78, 5) is 1.49. The molecule has 102 valence electrons.